The summed E-state index contributed by atoms with van der Waals surface area (Å²) in [6, 6.07) is 6.14. The Labute approximate surface area is 171 Å². The maximum absolute atomic E-state index is 12.6. The molecule has 0 fully saturated rings. The second-order valence-electron chi connectivity index (χ2n) is 7.32. The summed E-state index contributed by atoms with van der Waals surface area (Å²) in [4.78, 5) is 24.3. The Hall–Kier alpha value is -2.67. The molecule has 0 bridgehead atoms. The molecular formula is C22H31N5O2. The summed E-state index contributed by atoms with van der Waals surface area (Å²) in [7, 11) is 0. The van der Waals surface area contributed by atoms with E-state index in [4.69, 9.17) is 4.74 Å². The van der Waals surface area contributed by atoms with E-state index in [9.17, 15) is 4.79 Å². The monoisotopic (exact) mass is 397 g/mol. The summed E-state index contributed by atoms with van der Waals surface area (Å²) in [5.41, 5.74) is 4.23. The van der Waals surface area contributed by atoms with E-state index in [-0.39, 0.29) is 5.56 Å². The number of aromatic nitrogens is 4. The molecule has 3 aromatic rings. The number of H-pyrrole nitrogens is 1. The molecule has 0 aliphatic rings. The molecule has 1 aromatic carbocycles. The third-order valence-corrected chi connectivity index (χ3v) is 5.01. The maximum atomic E-state index is 12.6. The van der Waals surface area contributed by atoms with E-state index in [2.05, 4.69) is 53.2 Å². The predicted octanol–water partition coefficient (Wildman–Crippen LogP) is 4.33. The molecule has 0 atom stereocenters. The number of ether oxygens (including phenoxy) is 1. The SMILES string of the molecule is CCCOCCCCCn1cnc2nc(Nc3ccc(C)c(CC)c3)[nH]c(=O)c21. The molecule has 7 nitrogen and oxygen atoms in total. The van der Waals surface area contributed by atoms with Gasteiger partial charge in [-0.05, 0) is 62.3 Å². The van der Waals surface area contributed by atoms with Gasteiger partial charge in [-0.3, -0.25) is 9.78 Å². The Kier molecular flexibility index (Phi) is 7.41. The van der Waals surface area contributed by atoms with Crippen LogP contribution in [0.1, 0.15) is 50.7 Å². The minimum absolute atomic E-state index is 0.177. The number of nitrogens with zero attached hydrogens (tertiary/aromatic N) is 3. The van der Waals surface area contributed by atoms with Crippen molar-refractivity contribution in [2.24, 2.45) is 0 Å². The van der Waals surface area contributed by atoms with Crippen LogP contribution in [0.5, 0.6) is 0 Å². The number of imidazole rings is 1. The fraction of sp³-hybridized carbons (Fsp3) is 0.500. The molecular weight excluding hydrogens is 366 g/mol. The van der Waals surface area contributed by atoms with Gasteiger partial charge in [-0.25, -0.2) is 4.98 Å². The average molecular weight is 398 g/mol. The number of anilines is 2. The van der Waals surface area contributed by atoms with Gasteiger partial charge in [-0.1, -0.05) is 19.9 Å². The van der Waals surface area contributed by atoms with Gasteiger partial charge in [0.15, 0.2) is 11.2 Å². The van der Waals surface area contributed by atoms with Gasteiger partial charge in [0.25, 0.3) is 5.56 Å². The molecule has 0 saturated carbocycles. The molecule has 0 unspecified atom stereocenters. The third kappa shape index (κ3) is 5.44. The standard InChI is InChI=1S/C22H31N5O2/c1-4-12-29-13-8-6-7-11-27-15-23-20-19(27)21(28)26-22(25-20)24-18-10-9-16(3)17(5-2)14-18/h9-10,14-15H,4-8,11-13H2,1-3H3,(H2,24,25,26,28). The van der Waals surface area contributed by atoms with Crippen LogP contribution < -0.4 is 10.9 Å². The number of benzene rings is 1. The van der Waals surface area contributed by atoms with E-state index in [1.165, 1.54) is 11.1 Å². The molecule has 0 spiro atoms. The largest absolute Gasteiger partial charge is 0.381 e. The lowest BCUT2D eigenvalue weighted by Gasteiger charge is -2.09. The van der Waals surface area contributed by atoms with Gasteiger partial charge in [0.1, 0.15) is 0 Å². The Morgan fingerprint density at radius 1 is 1.17 bits per heavy atom. The van der Waals surface area contributed by atoms with Crippen LogP contribution in [0.3, 0.4) is 0 Å². The first-order valence-electron chi connectivity index (χ1n) is 10.5. The van der Waals surface area contributed by atoms with Crippen molar-refractivity contribution in [2.75, 3.05) is 18.5 Å². The number of unbranched alkanes of at least 4 members (excludes halogenated alkanes) is 2. The van der Waals surface area contributed by atoms with E-state index in [1.54, 1.807) is 6.33 Å². The van der Waals surface area contributed by atoms with Crippen LogP contribution >= 0.6 is 0 Å². The smallest absolute Gasteiger partial charge is 0.278 e. The molecule has 2 aromatic heterocycles. The molecule has 7 heteroatoms. The van der Waals surface area contributed by atoms with Gasteiger partial charge in [-0.2, -0.15) is 4.98 Å². The van der Waals surface area contributed by atoms with Crippen molar-refractivity contribution in [3.8, 4) is 0 Å². The van der Waals surface area contributed by atoms with Crippen LogP contribution in [0.25, 0.3) is 11.2 Å². The quantitative estimate of drug-likeness (QED) is 0.470. The molecule has 0 amide bonds. The fourth-order valence-electron chi connectivity index (χ4n) is 3.39. The van der Waals surface area contributed by atoms with Gasteiger partial charge in [0.2, 0.25) is 5.95 Å². The Balaban J connectivity index is 1.65. The third-order valence-electron chi connectivity index (χ3n) is 5.01. The number of aromatic amines is 1. The van der Waals surface area contributed by atoms with Crippen molar-refractivity contribution in [3.63, 3.8) is 0 Å². The zero-order valence-corrected chi connectivity index (χ0v) is 17.6. The molecule has 3 rings (SSSR count). The lowest BCUT2D eigenvalue weighted by molar-refractivity contribution is 0.130. The molecule has 2 N–H and O–H groups in total. The Morgan fingerprint density at radius 2 is 2.03 bits per heavy atom. The fourth-order valence-corrected chi connectivity index (χ4v) is 3.39. The van der Waals surface area contributed by atoms with Crippen molar-refractivity contribution in [3.05, 3.63) is 46.0 Å². The lowest BCUT2D eigenvalue weighted by atomic mass is 10.1. The van der Waals surface area contributed by atoms with Gasteiger partial charge >= 0.3 is 0 Å². The summed E-state index contributed by atoms with van der Waals surface area (Å²) < 4.78 is 7.39. The van der Waals surface area contributed by atoms with Crippen LogP contribution in [0.2, 0.25) is 0 Å². The number of aryl methyl sites for hydroxylation is 3. The zero-order chi connectivity index (χ0) is 20.6. The maximum Gasteiger partial charge on any atom is 0.278 e. The van der Waals surface area contributed by atoms with Crippen molar-refractivity contribution < 1.29 is 4.74 Å². The first-order chi connectivity index (χ1) is 14.1. The highest BCUT2D eigenvalue weighted by Gasteiger charge is 2.11. The summed E-state index contributed by atoms with van der Waals surface area (Å²) in [6.07, 6.45) is 6.78. The van der Waals surface area contributed by atoms with E-state index < -0.39 is 0 Å². The van der Waals surface area contributed by atoms with Gasteiger partial charge in [-0.15, -0.1) is 0 Å². The lowest BCUT2D eigenvalue weighted by Crippen LogP contribution is -2.14. The minimum Gasteiger partial charge on any atom is -0.381 e. The summed E-state index contributed by atoms with van der Waals surface area (Å²) in [5.74, 6) is 0.409. The van der Waals surface area contributed by atoms with E-state index in [0.29, 0.717) is 17.1 Å². The number of hydrogen-bond acceptors (Lipinski definition) is 5. The minimum atomic E-state index is -0.177. The second-order valence-corrected chi connectivity index (χ2v) is 7.32. The normalized spacial score (nSPS) is 11.3. The molecule has 0 aliphatic heterocycles. The average Bonchev–Trinajstić information content (AvgIpc) is 3.12. The molecule has 0 saturated heterocycles. The van der Waals surface area contributed by atoms with Crippen LogP contribution in [0.4, 0.5) is 11.6 Å². The summed E-state index contributed by atoms with van der Waals surface area (Å²) in [5, 5.41) is 3.19. The van der Waals surface area contributed by atoms with Crippen LogP contribution in [-0.2, 0) is 17.7 Å². The molecule has 156 valence electrons. The van der Waals surface area contributed by atoms with Crippen molar-refractivity contribution in [2.45, 2.75) is 59.4 Å². The summed E-state index contributed by atoms with van der Waals surface area (Å²) >= 11 is 0. The molecule has 0 radical (unpaired) electrons. The molecule has 29 heavy (non-hydrogen) atoms. The van der Waals surface area contributed by atoms with Crippen LogP contribution in [0.15, 0.2) is 29.3 Å². The van der Waals surface area contributed by atoms with E-state index in [1.807, 2.05) is 10.6 Å². The molecule has 2 heterocycles. The number of hydrogen-bond donors (Lipinski definition) is 2. The second kappa shape index (κ2) is 10.2. The predicted molar refractivity (Wildman–Crippen MR) is 117 cm³/mol. The first-order valence-corrected chi connectivity index (χ1v) is 10.5. The Bertz CT molecular complexity index is 993. The van der Waals surface area contributed by atoms with Crippen molar-refractivity contribution in [1.82, 2.24) is 19.5 Å². The van der Waals surface area contributed by atoms with E-state index in [0.717, 1.165) is 57.6 Å². The van der Waals surface area contributed by atoms with Crippen molar-refractivity contribution >= 4 is 22.8 Å². The molecule has 0 aliphatic carbocycles. The highest BCUT2D eigenvalue weighted by atomic mass is 16.5. The van der Waals surface area contributed by atoms with Crippen molar-refractivity contribution in [1.29, 1.82) is 0 Å². The number of rotatable bonds is 11. The highest BCUT2D eigenvalue weighted by molar-refractivity contribution is 5.71. The number of nitrogens with one attached hydrogen (secondary N) is 2. The highest BCUT2D eigenvalue weighted by Crippen LogP contribution is 2.19. The number of fused-ring (bicyclic) bond motifs is 1. The van der Waals surface area contributed by atoms with Gasteiger partial charge < -0.3 is 14.6 Å². The van der Waals surface area contributed by atoms with Gasteiger partial charge in [0, 0.05) is 25.4 Å². The van der Waals surface area contributed by atoms with Crippen LogP contribution in [-0.4, -0.2) is 32.7 Å². The van der Waals surface area contributed by atoms with Crippen LogP contribution in [0, 0.1) is 6.92 Å². The van der Waals surface area contributed by atoms with E-state index >= 15 is 0 Å². The van der Waals surface area contributed by atoms with Gasteiger partial charge in [0.05, 0.1) is 6.33 Å². The zero-order valence-electron chi connectivity index (χ0n) is 17.6. The topological polar surface area (TPSA) is 84.8 Å². The Morgan fingerprint density at radius 3 is 2.83 bits per heavy atom. The first kappa shape index (κ1) is 21.0. The summed E-state index contributed by atoms with van der Waals surface area (Å²) in [6.45, 7) is 8.71.